The molecule has 1 rings (SSSR count). The van der Waals surface area contributed by atoms with Crippen molar-refractivity contribution in [3.63, 3.8) is 0 Å². The van der Waals surface area contributed by atoms with Gasteiger partial charge in [-0.05, 0) is 0 Å². The van der Waals surface area contributed by atoms with Crippen LogP contribution in [0, 0.1) is 0 Å². The second-order valence-electron chi connectivity index (χ2n) is 2.34. The predicted octanol–water partition coefficient (Wildman–Crippen LogP) is 0.470. The summed E-state index contributed by atoms with van der Waals surface area (Å²) >= 11 is 1.49. The van der Waals surface area contributed by atoms with E-state index < -0.39 is 0 Å². The number of ether oxygens (including phenoxy) is 1. The molecule has 0 fully saturated rings. The Morgan fingerprint density at radius 1 is 1.77 bits per heavy atom. The summed E-state index contributed by atoms with van der Waals surface area (Å²) in [7, 11) is 3.20. The molecule has 6 heteroatoms. The highest BCUT2D eigenvalue weighted by Crippen LogP contribution is 2.13. The zero-order chi connectivity index (χ0) is 9.68. The van der Waals surface area contributed by atoms with Gasteiger partial charge in [0.2, 0.25) is 0 Å². The molecule has 0 aliphatic rings. The zero-order valence-electron chi connectivity index (χ0n) is 7.56. The third-order valence-corrected chi connectivity index (χ3v) is 2.47. The molecule has 13 heavy (non-hydrogen) atoms. The average molecular weight is 201 g/mol. The number of hydrogen-bond acceptors (Lipinski definition) is 5. The van der Waals surface area contributed by atoms with Gasteiger partial charge in [-0.1, -0.05) is 11.8 Å². The summed E-state index contributed by atoms with van der Waals surface area (Å²) in [6.45, 7) is 0. The average Bonchev–Trinajstić information content (AvgIpc) is 2.52. The molecule has 0 aromatic carbocycles. The number of aromatic nitrogens is 3. The van der Waals surface area contributed by atoms with Gasteiger partial charge in [0.25, 0.3) is 0 Å². The van der Waals surface area contributed by atoms with E-state index in [2.05, 4.69) is 14.8 Å². The lowest BCUT2D eigenvalue weighted by Crippen LogP contribution is -2.02. The van der Waals surface area contributed by atoms with Crippen molar-refractivity contribution < 1.29 is 9.53 Å². The number of carbonyl (C=O) groups is 1. The number of aryl methyl sites for hydroxylation is 1. The van der Waals surface area contributed by atoms with Crippen molar-refractivity contribution in [2.45, 2.75) is 11.6 Å². The molecule has 0 unspecified atom stereocenters. The Labute approximate surface area is 80.5 Å². The van der Waals surface area contributed by atoms with Crippen LogP contribution in [0.2, 0.25) is 0 Å². The van der Waals surface area contributed by atoms with E-state index in [0.29, 0.717) is 12.2 Å². The van der Waals surface area contributed by atoms with Crippen LogP contribution in [0.1, 0.15) is 6.42 Å². The maximum absolute atomic E-state index is 10.7. The van der Waals surface area contributed by atoms with Crippen LogP contribution in [0.3, 0.4) is 0 Å². The minimum absolute atomic E-state index is 0.199. The van der Waals surface area contributed by atoms with E-state index in [9.17, 15) is 4.79 Å². The van der Waals surface area contributed by atoms with Crippen molar-refractivity contribution in [1.82, 2.24) is 14.8 Å². The molecule has 0 aliphatic carbocycles. The Bertz CT molecular complexity index is 287. The monoisotopic (exact) mass is 201 g/mol. The second kappa shape index (κ2) is 4.86. The van der Waals surface area contributed by atoms with Crippen molar-refractivity contribution in [1.29, 1.82) is 0 Å². The fourth-order valence-corrected chi connectivity index (χ4v) is 1.55. The van der Waals surface area contributed by atoms with Gasteiger partial charge < -0.3 is 4.74 Å². The topological polar surface area (TPSA) is 57.0 Å². The SMILES string of the molecule is COC(=O)CCSc1ncnn1C. The lowest BCUT2D eigenvalue weighted by molar-refractivity contribution is -0.140. The normalized spacial score (nSPS) is 10.0. The van der Waals surface area contributed by atoms with Gasteiger partial charge in [0.05, 0.1) is 13.5 Å². The third kappa shape index (κ3) is 3.06. The fourth-order valence-electron chi connectivity index (χ4n) is 0.744. The predicted molar refractivity (Wildman–Crippen MR) is 48.4 cm³/mol. The van der Waals surface area contributed by atoms with Crippen LogP contribution in [0.4, 0.5) is 0 Å². The summed E-state index contributed by atoms with van der Waals surface area (Å²) in [6.07, 6.45) is 1.88. The quantitative estimate of drug-likeness (QED) is 0.523. The van der Waals surface area contributed by atoms with Gasteiger partial charge in [0.15, 0.2) is 5.16 Å². The molecule has 0 bridgehead atoms. The van der Waals surface area contributed by atoms with Gasteiger partial charge >= 0.3 is 5.97 Å². The minimum atomic E-state index is -0.199. The van der Waals surface area contributed by atoms with E-state index in [1.807, 2.05) is 7.05 Å². The molecule has 0 saturated heterocycles. The second-order valence-corrected chi connectivity index (χ2v) is 3.40. The molecule has 0 atom stereocenters. The number of esters is 1. The van der Waals surface area contributed by atoms with Crippen molar-refractivity contribution in [2.75, 3.05) is 12.9 Å². The molecule has 1 heterocycles. The fraction of sp³-hybridized carbons (Fsp3) is 0.571. The largest absolute Gasteiger partial charge is 0.469 e. The van der Waals surface area contributed by atoms with Crippen LogP contribution in [-0.2, 0) is 16.6 Å². The molecule has 5 nitrogen and oxygen atoms in total. The summed E-state index contributed by atoms with van der Waals surface area (Å²) < 4.78 is 6.17. The minimum Gasteiger partial charge on any atom is -0.469 e. The maximum atomic E-state index is 10.7. The zero-order valence-corrected chi connectivity index (χ0v) is 8.37. The summed E-state index contributed by atoms with van der Waals surface area (Å²) in [5.41, 5.74) is 0. The van der Waals surface area contributed by atoms with Crippen molar-refractivity contribution in [3.05, 3.63) is 6.33 Å². The van der Waals surface area contributed by atoms with Crippen LogP contribution < -0.4 is 0 Å². The van der Waals surface area contributed by atoms with Gasteiger partial charge in [-0.25, -0.2) is 9.67 Å². The number of carbonyl (C=O) groups excluding carboxylic acids is 1. The molecule has 0 radical (unpaired) electrons. The first-order valence-electron chi connectivity index (χ1n) is 3.77. The molecule has 0 N–H and O–H groups in total. The molecule has 0 spiro atoms. The Morgan fingerprint density at radius 2 is 2.54 bits per heavy atom. The van der Waals surface area contributed by atoms with E-state index in [4.69, 9.17) is 0 Å². The van der Waals surface area contributed by atoms with Crippen LogP contribution in [0.25, 0.3) is 0 Å². The highest BCUT2D eigenvalue weighted by molar-refractivity contribution is 7.99. The molecular weight excluding hydrogens is 190 g/mol. The van der Waals surface area contributed by atoms with Gasteiger partial charge in [-0.15, -0.1) is 0 Å². The Kier molecular flexibility index (Phi) is 3.75. The van der Waals surface area contributed by atoms with Crippen LogP contribution in [-0.4, -0.2) is 33.6 Å². The first-order chi connectivity index (χ1) is 6.24. The Balaban J connectivity index is 2.28. The highest BCUT2D eigenvalue weighted by atomic mass is 32.2. The standard InChI is InChI=1S/C7H11N3O2S/c1-10-7(8-5-9-10)13-4-3-6(11)12-2/h5H,3-4H2,1-2H3. The number of methoxy groups -OCH3 is 1. The Hall–Kier alpha value is -1.04. The molecular formula is C7H11N3O2S. The van der Waals surface area contributed by atoms with Crippen LogP contribution in [0.5, 0.6) is 0 Å². The lowest BCUT2D eigenvalue weighted by atomic mass is 10.5. The molecule has 0 saturated carbocycles. The van der Waals surface area contributed by atoms with E-state index >= 15 is 0 Å². The molecule has 0 amide bonds. The van der Waals surface area contributed by atoms with E-state index in [-0.39, 0.29) is 5.97 Å². The van der Waals surface area contributed by atoms with Crippen molar-refractivity contribution in [3.8, 4) is 0 Å². The molecule has 0 aliphatic heterocycles. The van der Waals surface area contributed by atoms with E-state index in [0.717, 1.165) is 5.16 Å². The molecule has 72 valence electrons. The molecule has 1 aromatic heterocycles. The highest BCUT2D eigenvalue weighted by Gasteiger charge is 2.04. The molecule has 1 aromatic rings. The van der Waals surface area contributed by atoms with Crippen molar-refractivity contribution >= 4 is 17.7 Å². The van der Waals surface area contributed by atoms with Crippen LogP contribution in [0.15, 0.2) is 11.5 Å². The summed E-state index contributed by atoms with van der Waals surface area (Å²) in [4.78, 5) is 14.7. The van der Waals surface area contributed by atoms with Gasteiger partial charge in [0.1, 0.15) is 6.33 Å². The van der Waals surface area contributed by atoms with Gasteiger partial charge in [0, 0.05) is 12.8 Å². The van der Waals surface area contributed by atoms with E-state index in [1.165, 1.54) is 25.2 Å². The number of thioether (sulfide) groups is 1. The first kappa shape index (κ1) is 10.0. The van der Waals surface area contributed by atoms with E-state index in [1.54, 1.807) is 4.68 Å². The first-order valence-corrected chi connectivity index (χ1v) is 4.76. The number of nitrogens with zero attached hydrogens (tertiary/aromatic N) is 3. The number of hydrogen-bond donors (Lipinski definition) is 0. The van der Waals surface area contributed by atoms with Crippen LogP contribution >= 0.6 is 11.8 Å². The maximum Gasteiger partial charge on any atom is 0.306 e. The van der Waals surface area contributed by atoms with Crippen molar-refractivity contribution in [2.24, 2.45) is 7.05 Å². The summed E-state index contributed by atoms with van der Waals surface area (Å²) in [5, 5.41) is 4.71. The Morgan fingerprint density at radius 3 is 3.08 bits per heavy atom. The lowest BCUT2D eigenvalue weighted by Gasteiger charge is -1.98. The third-order valence-electron chi connectivity index (χ3n) is 1.43. The van der Waals surface area contributed by atoms with Gasteiger partial charge in [-0.3, -0.25) is 4.79 Å². The van der Waals surface area contributed by atoms with Gasteiger partial charge in [-0.2, -0.15) is 5.10 Å². The number of rotatable bonds is 4. The summed E-state index contributed by atoms with van der Waals surface area (Å²) in [6, 6.07) is 0. The smallest absolute Gasteiger partial charge is 0.306 e. The summed E-state index contributed by atoms with van der Waals surface area (Å²) in [5.74, 6) is 0.466.